The zero-order valence-electron chi connectivity index (χ0n) is 14.3. The molecule has 0 saturated heterocycles. The van der Waals surface area contributed by atoms with Crippen molar-refractivity contribution >= 4 is 27.5 Å². The summed E-state index contributed by atoms with van der Waals surface area (Å²) >= 11 is 5.77. The van der Waals surface area contributed by atoms with Crippen molar-refractivity contribution in [3.63, 3.8) is 0 Å². The second-order valence-electron chi connectivity index (χ2n) is 5.94. The molecule has 1 heterocycles. The number of hydrogen-bond acceptors (Lipinski definition) is 4. The van der Waals surface area contributed by atoms with E-state index in [0.29, 0.717) is 21.8 Å². The van der Waals surface area contributed by atoms with Crippen LogP contribution in [0.3, 0.4) is 0 Å². The lowest BCUT2D eigenvalue weighted by molar-refractivity contribution is 0.0896. The molecule has 0 radical (unpaired) electrons. The van der Waals surface area contributed by atoms with Gasteiger partial charge in [-0.15, -0.1) is 0 Å². The van der Waals surface area contributed by atoms with Gasteiger partial charge < -0.3 is 0 Å². The number of nitrogens with zero attached hydrogens (tertiary/aromatic N) is 2. The third-order valence-corrected chi connectivity index (χ3v) is 6.00. The Hall–Kier alpha value is -2.64. The maximum atomic E-state index is 12.6. The first-order valence-electron chi connectivity index (χ1n) is 8.28. The van der Waals surface area contributed by atoms with Crippen LogP contribution in [0, 0.1) is 0 Å². The predicted molar refractivity (Wildman–Crippen MR) is 103 cm³/mol. The SMILES string of the molecule is O=C(CCCc1ccccc1)n1ccn(S(=O)(=O)c2ccc(Cl)cc2)c1=O. The number of rotatable bonds is 6. The van der Waals surface area contributed by atoms with Gasteiger partial charge in [0.25, 0.3) is 10.0 Å². The van der Waals surface area contributed by atoms with Crippen LogP contribution in [-0.4, -0.2) is 22.9 Å². The van der Waals surface area contributed by atoms with E-state index in [4.69, 9.17) is 11.6 Å². The average molecular weight is 405 g/mol. The van der Waals surface area contributed by atoms with Crippen molar-refractivity contribution in [3.05, 3.63) is 88.1 Å². The lowest BCUT2D eigenvalue weighted by Gasteiger charge is -2.05. The Balaban J connectivity index is 1.75. The molecule has 3 rings (SSSR count). The maximum Gasteiger partial charge on any atom is 0.349 e. The molecule has 0 fully saturated rings. The highest BCUT2D eigenvalue weighted by molar-refractivity contribution is 7.90. The molecule has 0 atom stereocenters. The molecule has 0 spiro atoms. The smallest absolute Gasteiger partial charge is 0.274 e. The average Bonchev–Trinajstić information content (AvgIpc) is 3.05. The summed E-state index contributed by atoms with van der Waals surface area (Å²) in [4.78, 5) is 24.7. The molecule has 0 amide bonds. The standard InChI is InChI=1S/C19H17ClN2O4S/c20-16-9-11-17(12-10-16)27(25,26)22-14-13-21(19(22)24)18(23)8-4-7-15-5-2-1-3-6-15/h1-3,5-6,9-14H,4,7-8H2. The predicted octanol–water partition coefficient (Wildman–Crippen LogP) is 3.20. The quantitative estimate of drug-likeness (QED) is 0.632. The van der Waals surface area contributed by atoms with Crippen LogP contribution in [0.25, 0.3) is 0 Å². The fourth-order valence-corrected chi connectivity index (χ4v) is 4.00. The molecule has 1 aromatic heterocycles. The molecule has 2 aromatic carbocycles. The van der Waals surface area contributed by atoms with Crippen molar-refractivity contribution in [2.75, 3.05) is 0 Å². The molecule has 3 aromatic rings. The van der Waals surface area contributed by atoms with Crippen molar-refractivity contribution in [1.29, 1.82) is 0 Å². The van der Waals surface area contributed by atoms with Gasteiger partial charge in [-0.25, -0.2) is 17.8 Å². The van der Waals surface area contributed by atoms with E-state index in [1.54, 1.807) is 0 Å². The molecule has 27 heavy (non-hydrogen) atoms. The number of aryl methyl sites for hydroxylation is 1. The Kier molecular flexibility index (Phi) is 5.62. The summed E-state index contributed by atoms with van der Waals surface area (Å²) in [5.41, 5.74) is 0.190. The van der Waals surface area contributed by atoms with Gasteiger partial charge in [0.1, 0.15) is 0 Å². The molecule has 140 valence electrons. The summed E-state index contributed by atoms with van der Waals surface area (Å²) in [6.07, 6.45) is 3.66. The summed E-state index contributed by atoms with van der Waals surface area (Å²) < 4.78 is 26.6. The molecular weight excluding hydrogens is 388 g/mol. The summed E-state index contributed by atoms with van der Waals surface area (Å²) in [6.45, 7) is 0. The van der Waals surface area contributed by atoms with Crippen molar-refractivity contribution in [1.82, 2.24) is 8.54 Å². The highest BCUT2D eigenvalue weighted by atomic mass is 35.5. The number of aromatic nitrogens is 2. The van der Waals surface area contributed by atoms with Crippen LogP contribution in [0.15, 0.2) is 76.7 Å². The molecule has 0 aliphatic heterocycles. The molecule has 0 N–H and O–H groups in total. The van der Waals surface area contributed by atoms with E-state index in [1.165, 1.54) is 30.5 Å². The lowest BCUT2D eigenvalue weighted by atomic mass is 10.1. The maximum absolute atomic E-state index is 12.6. The third kappa shape index (κ3) is 4.20. The van der Waals surface area contributed by atoms with E-state index in [0.717, 1.165) is 16.3 Å². The minimum atomic E-state index is -4.09. The van der Waals surface area contributed by atoms with Gasteiger partial charge in [-0.1, -0.05) is 41.9 Å². The fraction of sp³-hybridized carbons (Fsp3) is 0.158. The fourth-order valence-electron chi connectivity index (χ4n) is 2.66. The minimum absolute atomic E-state index is 0.0803. The zero-order valence-corrected chi connectivity index (χ0v) is 15.9. The van der Waals surface area contributed by atoms with Crippen molar-refractivity contribution in [2.24, 2.45) is 0 Å². The van der Waals surface area contributed by atoms with Gasteiger partial charge in [0.2, 0.25) is 5.91 Å². The second kappa shape index (κ2) is 7.94. The summed E-state index contributed by atoms with van der Waals surface area (Å²) in [6, 6.07) is 15.1. The Morgan fingerprint density at radius 1 is 0.963 bits per heavy atom. The Morgan fingerprint density at radius 2 is 1.63 bits per heavy atom. The van der Waals surface area contributed by atoms with Crippen molar-refractivity contribution < 1.29 is 13.2 Å². The van der Waals surface area contributed by atoms with Gasteiger partial charge in [-0.05, 0) is 42.7 Å². The van der Waals surface area contributed by atoms with Crippen LogP contribution in [-0.2, 0) is 16.4 Å². The van der Waals surface area contributed by atoms with Gasteiger partial charge in [-0.3, -0.25) is 4.79 Å². The number of hydrogen-bond donors (Lipinski definition) is 0. The number of carbonyl (C=O) groups is 1. The van der Waals surface area contributed by atoms with Crippen LogP contribution < -0.4 is 5.69 Å². The van der Waals surface area contributed by atoms with Crippen LogP contribution in [0.5, 0.6) is 0 Å². The summed E-state index contributed by atoms with van der Waals surface area (Å²) in [7, 11) is -4.09. The third-order valence-electron chi connectivity index (χ3n) is 4.08. The van der Waals surface area contributed by atoms with Crippen LogP contribution in [0.4, 0.5) is 0 Å². The number of carbonyl (C=O) groups excluding carboxylic acids is 1. The second-order valence-corrected chi connectivity index (χ2v) is 8.19. The molecule has 0 aliphatic rings. The normalized spacial score (nSPS) is 11.4. The van der Waals surface area contributed by atoms with E-state index in [2.05, 4.69) is 0 Å². The van der Waals surface area contributed by atoms with Gasteiger partial charge in [-0.2, -0.15) is 3.97 Å². The van der Waals surface area contributed by atoms with Crippen molar-refractivity contribution in [3.8, 4) is 0 Å². The Bertz CT molecular complexity index is 1100. The van der Waals surface area contributed by atoms with Crippen molar-refractivity contribution in [2.45, 2.75) is 24.2 Å². The van der Waals surface area contributed by atoms with E-state index >= 15 is 0 Å². The van der Waals surface area contributed by atoms with Gasteiger partial charge >= 0.3 is 5.69 Å². The van der Waals surface area contributed by atoms with E-state index in [-0.39, 0.29) is 11.3 Å². The number of halogens is 1. The largest absolute Gasteiger partial charge is 0.349 e. The minimum Gasteiger partial charge on any atom is -0.274 e. The first-order valence-corrected chi connectivity index (χ1v) is 10.1. The molecule has 0 saturated carbocycles. The topological polar surface area (TPSA) is 78.1 Å². The molecular formula is C19H17ClN2O4S. The Labute approximate surface area is 161 Å². The molecule has 0 unspecified atom stereocenters. The molecule has 0 bridgehead atoms. The molecule has 0 aliphatic carbocycles. The molecule has 8 heteroatoms. The van der Waals surface area contributed by atoms with E-state index < -0.39 is 21.6 Å². The van der Waals surface area contributed by atoms with Crippen LogP contribution in [0.2, 0.25) is 5.02 Å². The van der Waals surface area contributed by atoms with Gasteiger partial charge in [0, 0.05) is 23.8 Å². The highest BCUT2D eigenvalue weighted by Gasteiger charge is 2.22. The Morgan fingerprint density at radius 3 is 2.30 bits per heavy atom. The number of imidazole rings is 1. The first kappa shape index (κ1) is 19.1. The van der Waals surface area contributed by atoms with E-state index in [1.807, 2.05) is 30.3 Å². The highest BCUT2D eigenvalue weighted by Crippen LogP contribution is 2.16. The van der Waals surface area contributed by atoms with Gasteiger partial charge in [0.15, 0.2) is 0 Å². The summed E-state index contributed by atoms with van der Waals surface area (Å²) in [5, 5.41) is 0.382. The van der Waals surface area contributed by atoms with Gasteiger partial charge in [0.05, 0.1) is 4.90 Å². The number of benzene rings is 2. The first-order chi connectivity index (χ1) is 12.9. The van der Waals surface area contributed by atoms with Crippen LogP contribution >= 0.6 is 11.6 Å². The summed E-state index contributed by atoms with van der Waals surface area (Å²) in [5.74, 6) is -0.444. The van der Waals surface area contributed by atoms with Crippen LogP contribution in [0.1, 0.15) is 23.2 Å². The lowest BCUT2D eigenvalue weighted by Crippen LogP contribution is -2.32. The molecule has 6 nitrogen and oxygen atoms in total. The van der Waals surface area contributed by atoms with E-state index in [9.17, 15) is 18.0 Å². The zero-order chi connectivity index (χ0) is 19.4. The monoisotopic (exact) mass is 404 g/mol.